The Kier molecular flexibility index (Phi) is 4.65. The molecule has 0 aliphatic carbocycles. The minimum absolute atomic E-state index is 0.00752. The summed E-state index contributed by atoms with van der Waals surface area (Å²) in [5.74, 6) is 0.0491. The summed E-state index contributed by atoms with van der Waals surface area (Å²) in [6, 6.07) is 5.50. The highest BCUT2D eigenvalue weighted by molar-refractivity contribution is 6.31. The zero-order valence-corrected chi connectivity index (χ0v) is 12.5. The van der Waals surface area contributed by atoms with E-state index in [0.29, 0.717) is 31.0 Å². The van der Waals surface area contributed by atoms with E-state index in [1.54, 1.807) is 17.9 Å². The van der Waals surface area contributed by atoms with Gasteiger partial charge in [0.1, 0.15) is 0 Å². The maximum atomic E-state index is 12.2. The molecule has 0 saturated carbocycles. The van der Waals surface area contributed by atoms with Crippen LogP contribution in [0.5, 0.6) is 0 Å². The number of nitrogens with one attached hydrogen (secondary N) is 1. The van der Waals surface area contributed by atoms with Crippen molar-refractivity contribution in [3.05, 3.63) is 28.8 Å². The van der Waals surface area contributed by atoms with Gasteiger partial charge in [-0.2, -0.15) is 0 Å². The number of piperidine rings is 1. The van der Waals surface area contributed by atoms with Gasteiger partial charge in [-0.25, -0.2) is 0 Å². The molecule has 0 spiro atoms. The largest absolute Gasteiger partial charge is 0.343 e. The Bertz CT molecular complexity index is 523. The van der Waals surface area contributed by atoms with Crippen molar-refractivity contribution in [2.24, 2.45) is 5.92 Å². The van der Waals surface area contributed by atoms with Crippen molar-refractivity contribution in [3.63, 3.8) is 0 Å². The number of carbonyl (C=O) groups is 2. The predicted octanol–water partition coefficient (Wildman–Crippen LogP) is 2.85. The van der Waals surface area contributed by atoms with Gasteiger partial charge >= 0.3 is 0 Å². The van der Waals surface area contributed by atoms with Crippen LogP contribution in [0.25, 0.3) is 0 Å². The molecular formula is C15H19ClN2O2. The molecule has 0 aromatic heterocycles. The highest BCUT2D eigenvalue weighted by Crippen LogP contribution is 2.23. The molecule has 2 rings (SSSR count). The van der Waals surface area contributed by atoms with Gasteiger partial charge in [-0.15, -0.1) is 0 Å². The first-order valence-electron chi connectivity index (χ1n) is 6.80. The maximum absolute atomic E-state index is 12.2. The molecule has 2 amide bonds. The van der Waals surface area contributed by atoms with Crippen molar-refractivity contribution < 1.29 is 9.59 Å². The van der Waals surface area contributed by atoms with Crippen LogP contribution in [0, 0.1) is 12.8 Å². The van der Waals surface area contributed by atoms with E-state index in [-0.39, 0.29) is 17.7 Å². The highest BCUT2D eigenvalue weighted by Gasteiger charge is 2.26. The molecule has 1 aliphatic rings. The van der Waals surface area contributed by atoms with Gasteiger partial charge < -0.3 is 10.2 Å². The maximum Gasteiger partial charge on any atom is 0.227 e. The van der Waals surface area contributed by atoms with E-state index >= 15 is 0 Å². The van der Waals surface area contributed by atoms with Gasteiger partial charge in [0, 0.05) is 36.6 Å². The van der Waals surface area contributed by atoms with E-state index in [4.69, 9.17) is 11.6 Å². The Morgan fingerprint density at radius 2 is 1.95 bits per heavy atom. The van der Waals surface area contributed by atoms with Crippen LogP contribution < -0.4 is 5.32 Å². The number of anilines is 1. The van der Waals surface area contributed by atoms with Crippen molar-refractivity contribution in [2.45, 2.75) is 26.7 Å². The normalized spacial score (nSPS) is 16.1. The summed E-state index contributed by atoms with van der Waals surface area (Å²) in [7, 11) is 0. The fourth-order valence-corrected chi connectivity index (χ4v) is 2.55. The molecule has 1 aromatic carbocycles. The van der Waals surface area contributed by atoms with Crippen LogP contribution in [0.3, 0.4) is 0 Å². The standard InChI is InChI=1S/C15H19ClN2O2/c1-10-3-4-13(9-14(10)16)17-15(20)12-5-7-18(8-6-12)11(2)19/h3-4,9,12H,5-8H2,1-2H3,(H,17,20). The number of halogens is 1. The zero-order chi connectivity index (χ0) is 14.7. The predicted molar refractivity (Wildman–Crippen MR) is 79.8 cm³/mol. The third-order valence-corrected chi connectivity index (χ3v) is 4.16. The number of amides is 2. The minimum atomic E-state index is -0.0364. The third-order valence-electron chi connectivity index (χ3n) is 3.75. The number of carbonyl (C=O) groups excluding carboxylic acids is 2. The number of likely N-dealkylation sites (tertiary alicyclic amines) is 1. The highest BCUT2D eigenvalue weighted by atomic mass is 35.5. The molecule has 108 valence electrons. The molecule has 5 heteroatoms. The topological polar surface area (TPSA) is 49.4 Å². The second kappa shape index (κ2) is 6.27. The first-order valence-corrected chi connectivity index (χ1v) is 7.17. The summed E-state index contributed by atoms with van der Waals surface area (Å²) in [4.78, 5) is 25.2. The molecular weight excluding hydrogens is 276 g/mol. The van der Waals surface area contributed by atoms with Gasteiger partial charge in [0.15, 0.2) is 0 Å². The SMILES string of the molecule is CC(=O)N1CCC(C(=O)Nc2ccc(C)c(Cl)c2)CC1. The van der Waals surface area contributed by atoms with Gasteiger partial charge in [0.05, 0.1) is 0 Å². The van der Waals surface area contributed by atoms with E-state index < -0.39 is 0 Å². The van der Waals surface area contributed by atoms with Crippen LogP contribution in [-0.4, -0.2) is 29.8 Å². The summed E-state index contributed by atoms with van der Waals surface area (Å²) in [5, 5.41) is 3.54. The first kappa shape index (κ1) is 14.9. The zero-order valence-electron chi connectivity index (χ0n) is 11.8. The van der Waals surface area contributed by atoms with E-state index in [0.717, 1.165) is 11.3 Å². The van der Waals surface area contributed by atoms with Crippen molar-refractivity contribution >= 4 is 29.1 Å². The van der Waals surface area contributed by atoms with Gasteiger partial charge in [-0.3, -0.25) is 9.59 Å². The van der Waals surface area contributed by atoms with Crippen LogP contribution in [0.2, 0.25) is 5.02 Å². The Balaban J connectivity index is 1.92. The van der Waals surface area contributed by atoms with Crippen LogP contribution >= 0.6 is 11.6 Å². The summed E-state index contributed by atoms with van der Waals surface area (Å²) in [5.41, 5.74) is 1.71. The average molecular weight is 295 g/mol. The molecule has 0 unspecified atom stereocenters. The smallest absolute Gasteiger partial charge is 0.227 e. The number of hydrogen-bond acceptors (Lipinski definition) is 2. The van der Waals surface area contributed by atoms with Crippen molar-refractivity contribution in [1.29, 1.82) is 0 Å². The van der Waals surface area contributed by atoms with Gasteiger partial charge in [-0.1, -0.05) is 17.7 Å². The molecule has 1 saturated heterocycles. The molecule has 1 aliphatic heterocycles. The number of hydrogen-bond donors (Lipinski definition) is 1. The van der Waals surface area contributed by atoms with Gasteiger partial charge in [-0.05, 0) is 37.5 Å². The first-order chi connectivity index (χ1) is 9.47. The Morgan fingerprint density at radius 3 is 2.50 bits per heavy atom. The number of rotatable bonds is 2. The molecule has 1 heterocycles. The summed E-state index contributed by atoms with van der Waals surface area (Å²) in [6.07, 6.45) is 1.43. The van der Waals surface area contributed by atoms with E-state index in [1.807, 2.05) is 19.1 Å². The molecule has 4 nitrogen and oxygen atoms in total. The lowest BCUT2D eigenvalue weighted by Gasteiger charge is -2.30. The second-order valence-corrected chi connectivity index (χ2v) is 5.64. The third kappa shape index (κ3) is 3.51. The Hall–Kier alpha value is -1.55. The number of benzene rings is 1. The van der Waals surface area contributed by atoms with Gasteiger partial charge in [0.2, 0.25) is 11.8 Å². The molecule has 1 fully saturated rings. The second-order valence-electron chi connectivity index (χ2n) is 5.23. The van der Waals surface area contributed by atoms with Crippen molar-refractivity contribution in [3.8, 4) is 0 Å². The molecule has 0 radical (unpaired) electrons. The number of aryl methyl sites for hydroxylation is 1. The quantitative estimate of drug-likeness (QED) is 0.912. The molecule has 1 N–H and O–H groups in total. The lowest BCUT2D eigenvalue weighted by molar-refractivity contribution is -0.132. The van der Waals surface area contributed by atoms with E-state index in [2.05, 4.69) is 5.32 Å². The minimum Gasteiger partial charge on any atom is -0.343 e. The Labute approximate surface area is 124 Å². The van der Waals surface area contributed by atoms with Crippen molar-refractivity contribution in [2.75, 3.05) is 18.4 Å². The van der Waals surface area contributed by atoms with E-state index in [9.17, 15) is 9.59 Å². The van der Waals surface area contributed by atoms with Crippen molar-refractivity contribution in [1.82, 2.24) is 4.90 Å². The summed E-state index contributed by atoms with van der Waals surface area (Å²) in [6.45, 7) is 4.80. The molecule has 0 bridgehead atoms. The van der Waals surface area contributed by atoms with Gasteiger partial charge in [0.25, 0.3) is 0 Å². The van der Waals surface area contributed by atoms with E-state index in [1.165, 1.54) is 0 Å². The summed E-state index contributed by atoms with van der Waals surface area (Å²) < 4.78 is 0. The average Bonchev–Trinajstić information content (AvgIpc) is 2.43. The van der Waals surface area contributed by atoms with Crippen LogP contribution in [0.1, 0.15) is 25.3 Å². The fourth-order valence-electron chi connectivity index (χ4n) is 2.37. The van der Waals surface area contributed by atoms with Crippen LogP contribution in [0.4, 0.5) is 5.69 Å². The fraction of sp³-hybridized carbons (Fsp3) is 0.467. The molecule has 20 heavy (non-hydrogen) atoms. The van der Waals surface area contributed by atoms with Crippen LogP contribution in [-0.2, 0) is 9.59 Å². The molecule has 1 aromatic rings. The lowest BCUT2D eigenvalue weighted by Crippen LogP contribution is -2.40. The Morgan fingerprint density at radius 1 is 1.30 bits per heavy atom. The summed E-state index contributed by atoms with van der Waals surface area (Å²) >= 11 is 6.04. The lowest BCUT2D eigenvalue weighted by atomic mass is 9.96. The monoisotopic (exact) mass is 294 g/mol. The molecule has 0 atom stereocenters. The number of nitrogens with zero attached hydrogens (tertiary/aromatic N) is 1. The van der Waals surface area contributed by atoms with Crippen LogP contribution in [0.15, 0.2) is 18.2 Å².